The van der Waals surface area contributed by atoms with Crippen molar-refractivity contribution in [1.82, 2.24) is 5.32 Å². The summed E-state index contributed by atoms with van der Waals surface area (Å²) < 4.78 is 74.9. The van der Waals surface area contributed by atoms with E-state index in [1.165, 1.54) is 0 Å². The molecule has 0 aliphatic rings. The smallest absolute Gasteiger partial charge is 0.312 e. The van der Waals surface area contributed by atoms with Crippen LogP contribution in [0, 0.1) is 0 Å². The van der Waals surface area contributed by atoms with Crippen molar-refractivity contribution in [1.29, 1.82) is 0 Å². The summed E-state index contributed by atoms with van der Waals surface area (Å²) in [5.41, 5.74) is 0. The van der Waals surface area contributed by atoms with Crippen LogP contribution >= 0.6 is 0 Å². The Labute approximate surface area is 81.3 Å². The van der Waals surface area contributed by atoms with Gasteiger partial charge in [-0.3, -0.25) is 9.47 Å². The number of halogens is 6. The van der Waals surface area contributed by atoms with Gasteiger partial charge in [-0.25, -0.2) is 0 Å². The van der Waals surface area contributed by atoms with E-state index in [0.29, 0.717) is 0 Å². The zero-order valence-corrected chi connectivity index (χ0v) is 7.41. The maximum absolute atomic E-state index is 11.4. The van der Waals surface area contributed by atoms with Crippen molar-refractivity contribution < 1.29 is 35.8 Å². The van der Waals surface area contributed by atoms with E-state index in [4.69, 9.17) is 0 Å². The molecule has 0 aliphatic heterocycles. The van der Waals surface area contributed by atoms with Gasteiger partial charge >= 0.3 is 12.7 Å². The molecule has 0 spiro atoms. The number of hydrogen-bond acceptors (Lipinski definition) is 3. The van der Waals surface area contributed by atoms with Gasteiger partial charge in [0.05, 0.1) is 13.2 Å². The summed E-state index contributed by atoms with van der Waals surface area (Å²) in [6.45, 7) is -1.73. The van der Waals surface area contributed by atoms with Gasteiger partial charge in [0.2, 0.25) is 0 Å². The molecule has 1 N–H and O–H groups in total. The number of hydrogen-bond donors (Lipinski definition) is 1. The summed E-state index contributed by atoms with van der Waals surface area (Å²) >= 11 is 0. The van der Waals surface area contributed by atoms with E-state index in [1.807, 2.05) is 0 Å². The van der Waals surface area contributed by atoms with Gasteiger partial charge in [-0.15, -0.1) is 26.3 Å². The number of rotatable bonds is 6. The fourth-order valence-corrected chi connectivity index (χ4v) is 0.603. The largest absolute Gasteiger partial charge is 0.522 e. The second kappa shape index (κ2) is 6.13. The first kappa shape index (κ1) is 14.5. The van der Waals surface area contributed by atoms with Gasteiger partial charge in [0, 0.05) is 13.1 Å². The molecular weight excluding hydrogens is 232 g/mol. The van der Waals surface area contributed by atoms with E-state index in [2.05, 4.69) is 14.8 Å². The Morgan fingerprint density at radius 1 is 0.733 bits per heavy atom. The van der Waals surface area contributed by atoms with Crippen LogP contribution in [0.2, 0.25) is 0 Å². The second-order valence-electron chi connectivity index (χ2n) is 2.34. The van der Waals surface area contributed by atoms with Crippen LogP contribution in [-0.4, -0.2) is 39.0 Å². The van der Waals surface area contributed by atoms with Gasteiger partial charge in [0.25, 0.3) is 0 Å². The molecule has 9 heteroatoms. The Kier molecular flexibility index (Phi) is 5.91. The molecule has 0 atom stereocenters. The number of nitrogens with one attached hydrogen (secondary N) is 1. The first-order chi connectivity index (χ1) is 6.71. The molecule has 0 aromatic carbocycles. The van der Waals surface area contributed by atoms with E-state index in [1.54, 1.807) is 0 Å². The third-order valence-corrected chi connectivity index (χ3v) is 1.09. The van der Waals surface area contributed by atoms with Crippen LogP contribution in [0.1, 0.15) is 0 Å². The predicted molar refractivity (Wildman–Crippen MR) is 36.9 cm³/mol. The van der Waals surface area contributed by atoms with Gasteiger partial charge < -0.3 is 5.32 Å². The van der Waals surface area contributed by atoms with Crippen molar-refractivity contribution in [3.8, 4) is 0 Å². The molecule has 15 heavy (non-hydrogen) atoms. The molecule has 0 amide bonds. The van der Waals surface area contributed by atoms with Crippen molar-refractivity contribution in [3.05, 3.63) is 0 Å². The molecule has 0 radical (unpaired) electrons. The van der Waals surface area contributed by atoms with Crippen LogP contribution in [-0.2, 0) is 9.47 Å². The summed E-state index contributed by atoms with van der Waals surface area (Å²) in [5.74, 6) is 0. The lowest BCUT2D eigenvalue weighted by molar-refractivity contribution is -0.324. The first-order valence-electron chi connectivity index (χ1n) is 3.83. The summed E-state index contributed by atoms with van der Waals surface area (Å²) in [4.78, 5) is 0. The molecule has 92 valence electrons. The third kappa shape index (κ3) is 13.5. The van der Waals surface area contributed by atoms with Crippen LogP contribution in [0.5, 0.6) is 0 Å². The monoisotopic (exact) mass is 241 g/mol. The zero-order valence-electron chi connectivity index (χ0n) is 7.41. The molecule has 0 bridgehead atoms. The van der Waals surface area contributed by atoms with Gasteiger partial charge in [-0.05, 0) is 0 Å². The summed E-state index contributed by atoms with van der Waals surface area (Å²) in [6.07, 6.45) is -9.44. The van der Waals surface area contributed by atoms with Gasteiger partial charge in [-0.1, -0.05) is 0 Å². The number of ether oxygens (including phenoxy) is 2. The Bertz CT molecular complexity index is 150. The van der Waals surface area contributed by atoms with Crippen LogP contribution in [0.15, 0.2) is 0 Å². The molecule has 0 aromatic heterocycles. The zero-order chi connectivity index (χ0) is 11.9. The SMILES string of the molecule is FC(F)(F)OCCNCCOC(F)(F)F. The topological polar surface area (TPSA) is 30.5 Å². The molecular formula is C6H9F6NO2. The molecule has 0 fully saturated rings. The van der Waals surface area contributed by atoms with Crippen molar-refractivity contribution in [3.63, 3.8) is 0 Å². The standard InChI is InChI=1S/C6H9F6NO2/c7-5(8,9)14-3-1-13-2-4-15-6(10,11)12/h13H,1-4H2. The fraction of sp³-hybridized carbons (Fsp3) is 1.00. The van der Waals surface area contributed by atoms with E-state index in [-0.39, 0.29) is 13.1 Å². The van der Waals surface area contributed by atoms with Gasteiger partial charge in [-0.2, -0.15) is 0 Å². The summed E-state index contributed by atoms with van der Waals surface area (Å²) in [6, 6.07) is 0. The maximum atomic E-state index is 11.4. The number of alkyl halides is 6. The summed E-state index contributed by atoms with van der Waals surface area (Å²) in [5, 5.41) is 2.28. The minimum Gasteiger partial charge on any atom is -0.312 e. The van der Waals surface area contributed by atoms with Crippen LogP contribution in [0.4, 0.5) is 26.3 Å². The predicted octanol–water partition coefficient (Wildman–Crippen LogP) is 1.65. The maximum Gasteiger partial charge on any atom is 0.522 e. The highest BCUT2D eigenvalue weighted by atomic mass is 19.4. The van der Waals surface area contributed by atoms with Crippen molar-refractivity contribution in [2.24, 2.45) is 0 Å². The lowest BCUT2D eigenvalue weighted by atomic mass is 10.6. The normalized spacial score (nSPS) is 13.2. The van der Waals surface area contributed by atoms with E-state index < -0.39 is 25.9 Å². The minimum atomic E-state index is -4.72. The highest BCUT2D eigenvalue weighted by Gasteiger charge is 2.29. The molecule has 0 unspecified atom stereocenters. The average Bonchev–Trinajstić information content (AvgIpc) is 1.98. The van der Waals surface area contributed by atoms with Crippen LogP contribution in [0.25, 0.3) is 0 Å². The average molecular weight is 241 g/mol. The highest BCUT2D eigenvalue weighted by molar-refractivity contribution is 4.45. The Balaban J connectivity index is 3.20. The lowest BCUT2D eigenvalue weighted by Gasteiger charge is -2.09. The first-order valence-corrected chi connectivity index (χ1v) is 3.83. The van der Waals surface area contributed by atoms with Crippen LogP contribution < -0.4 is 5.32 Å². The Hall–Kier alpha value is -0.540. The highest BCUT2D eigenvalue weighted by Crippen LogP contribution is 2.15. The molecule has 0 aliphatic carbocycles. The van der Waals surface area contributed by atoms with Gasteiger partial charge in [0.1, 0.15) is 0 Å². The fourth-order valence-electron chi connectivity index (χ4n) is 0.603. The molecule has 0 saturated heterocycles. The molecule has 0 aromatic rings. The van der Waals surface area contributed by atoms with Crippen LogP contribution in [0.3, 0.4) is 0 Å². The van der Waals surface area contributed by atoms with E-state index >= 15 is 0 Å². The lowest BCUT2D eigenvalue weighted by Crippen LogP contribution is -2.28. The molecule has 0 saturated carbocycles. The van der Waals surface area contributed by atoms with E-state index in [9.17, 15) is 26.3 Å². The van der Waals surface area contributed by atoms with Crippen molar-refractivity contribution in [2.45, 2.75) is 12.7 Å². The second-order valence-corrected chi connectivity index (χ2v) is 2.34. The van der Waals surface area contributed by atoms with Gasteiger partial charge in [0.15, 0.2) is 0 Å². The van der Waals surface area contributed by atoms with Crippen molar-refractivity contribution >= 4 is 0 Å². The Morgan fingerprint density at radius 3 is 1.33 bits per heavy atom. The van der Waals surface area contributed by atoms with E-state index in [0.717, 1.165) is 0 Å². The van der Waals surface area contributed by atoms with Crippen molar-refractivity contribution in [2.75, 3.05) is 26.3 Å². The molecule has 3 nitrogen and oxygen atoms in total. The summed E-state index contributed by atoms with van der Waals surface area (Å²) in [7, 11) is 0. The third-order valence-electron chi connectivity index (χ3n) is 1.09. The minimum absolute atomic E-state index is 0.208. The quantitative estimate of drug-likeness (QED) is 0.566. The molecule has 0 rings (SSSR count). The Morgan fingerprint density at radius 2 is 1.07 bits per heavy atom. The molecule has 0 heterocycles.